The number of amides is 3. The van der Waals surface area contributed by atoms with Gasteiger partial charge in [-0.2, -0.15) is 5.10 Å². The minimum absolute atomic E-state index is 0.209. The predicted octanol–water partition coefficient (Wildman–Crippen LogP) is 2.30. The van der Waals surface area contributed by atoms with Crippen LogP contribution in [0.2, 0.25) is 0 Å². The number of hydrogen-bond acceptors (Lipinski definition) is 6. The molecule has 9 nitrogen and oxygen atoms in total. The molecule has 32 heavy (non-hydrogen) atoms. The number of nitrogens with one attached hydrogen (secondary N) is 3. The number of hydrazone groups is 1. The lowest BCUT2D eigenvalue weighted by Gasteiger charge is -2.11. The Morgan fingerprint density at radius 3 is 2.56 bits per heavy atom. The van der Waals surface area contributed by atoms with E-state index in [0.717, 1.165) is 15.6 Å². The fourth-order valence-electron chi connectivity index (χ4n) is 2.47. The van der Waals surface area contributed by atoms with Crippen molar-refractivity contribution in [2.75, 3.05) is 32.2 Å². The van der Waals surface area contributed by atoms with E-state index in [9.17, 15) is 14.4 Å². The van der Waals surface area contributed by atoms with Gasteiger partial charge in [-0.1, -0.05) is 22.0 Å². The number of benzene rings is 2. The van der Waals surface area contributed by atoms with Crippen LogP contribution in [0.3, 0.4) is 0 Å². The zero-order valence-electron chi connectivity index (χ0n) is 18.0. The molecule has 0 unspecified atom stereocenters. The quantitative estimate of drug-likeness (QED) is 0.209. The fraction of sp³-hybridized carbons (Fsp3) is 0.273. The zero-order valence-corrected chi connectivity index (χ0v) is 19.6. The molecule has 10 heteroatoms. The van der Waals surface area contributed by atoms with Crippen molar-refractivity contribution in [3.8, 4) is 5.75 Å². The largest absolute Gasteiger partial charge is 0.483 e. The predicted molar refractivity (Wildman–Crippen MR) is 125 cm³/mol. The summed E-state index contributed by atoms with van der Waals surface area (Å²) in [5.41, 5.74) is 5.53. The van der Waals surface area contributed by atoms with E-state index >= 15 is 0 Å². The van der Waals surface area contributed by atoms with Crippen LogP contribution in [-0.4, -0.2) is 50.8 Å². The Hall–Kier alpha value is -3.24. The number of halogens is 1. The second kappa shape index (κ2) is 12.6. The Morgan fingerprint density at radius 1 is 1.06 bits per heavy atom. The van der Waals surface area contributed by atoms with Crippen LogP contribution in [0.5, 0.6) is 5.75 Å². The van der Waals surface area contributed by atoms with Gasteiger partial charge in [0.25, 0.3) is 5.91 Å². The second-order valence-corrected chi connectivity index (χ2v) is 7.68. The smallest absolute Gasteiger partial charge is 0.329 e. The lowest BCUT2D eigenvalue weighted by atomic mass is 10.1. The highest BCUT2D eigenvalue weighted by atomic mass is 79.9. The standard InChI is InChI=1S/C22H25BrN4O5/c1-14-4-6-18(10-15(14)2)26-20(28)13-32-19-7-5-17(23)11-16(19)12-25-27-22(30)21(29)24-8-9-31-3/h4-7,10-12H,8-9,13H2,1-3H3,(H,24,29)(H,26,28)(H,27,30)/b25-12-. The SMILES string of the molecule is COCCNC(=O)C(=O)N/N=C\c1cc(Br)ccc1OCC(=O)Nc1ccc(C)c(C)c1. The normalized spacial score (nSPS) is 10.6. The molecule has 2 aromatic carbocycles. The lowest BCUT2D eigenvalue weighted by molar-refractivity contribution is -0.139. The van der Waals surface area contributed by atoms with Crippen molar-refractivity contribution >= 4 is 45.6 Å². The molecule has 0 aliphatic rings. The molecule has 0 spiro atoms. The van der Waals surface area contributed by atoms with Gasteiger partial charge in [0.1, 0.15) is 5.75 Å². The molecule has 0 bridgehead atoms. The van der Waals surface area contributed by atoms with Crippen LogP contribution in [-0.2, 0) is 19.1 Å². The summed E-state index contributed by atoms with van der Waals surface area (Å²) in [4.78, 5) is 35.6. The molecule has 0 saturated heterocycles. The molecule has 0 atom stereocenters. The Labute approximate surface area is 194 Å². The van der Waals surface area contributed by atoms with Crippen molar-refractivity contribution < 1.29 is 23.9 Å². The Bertz CT molecular complexity index is 1010. The van der Waals surface area contributed by atoms with E-state index in [0.29, 0.717) is 17.0 Å². The van der Waals surface area contributed by atoms with Crippen molar-refractivity contribution in [3.05, 3.63) is 57.6 Å². The molecule has 2 rings (SSSR count). The van der Waals surface area contributed by atoms with E-state index in [1.807, 2.05) is 32.0 Å². The summed E-state index contributed by atoms with van der Waals surface area (Å²) in [7, 11) is 1.49. The maximum atomic E-state index is 12.3. The van der Waals surface area contributed by atoms with Gasteiger partial charge in [-0.05, 0) is 55.3 Å². The summed E-state index contributed by atoms with van der Waals surface area (Å²) in [6, 6.07) is 10.8. The molecular formula is C22H25BrN4O5. The van der Waals surface area contributed by atoms with Gasteiger partial charge in [-0.3, -0.25) is 14.4 Å². The highest BCUT2D eigenvalue weighted by molar-refractivity contribution is 9.10. The molecule has 170 valence electrons. The van der Waals surface area contributed by atoms with Crippen LogP contribution in [0.1, 0.15) is 16.7 Å². The average Bonchev–Trinajstić information content (AvgIpc) is 2.75. The molecule has 0 radical (unpaired) electrons. The Kier molecular flexibility index (Phi) is 9.83. The third-order valence-electron chi connectivity index (χ3n) is 4.29. The summed E-state index contributed by atoms with van der Waals surface area (Å²) in [5.74, 6) is -1.68. The van der Waals surface area contributed by atoms with Gasteiger partial charge in [0.15, 0.2) is 6.61 Å². The van der Waals surface area contributed by atoms with Gasteiger partial charge in [0.2, 0.25) is 0 Å². The summed E-state index contributed by atoms with van der Waals surface area (Å²) >= 11 is 3.35. The minimum atomic E-state index is -0.914. The molecule has 3 amide bonds. The third-order valence-corrected chi connectivity index (χ3v) is 4.78. The van der Waals surface area contributed by atoms with Gasteiger partial charge >= 0.3 is 11.8 Å². The number of carbonyl (C=O) groups excluding carboxylic acids is 3. The van der Waals surface area contributed by atoms with Crippen molar-refractivity contribution in [3.63, 3.8) is 0 Å². The van der Waals surface area contributed by atoms with Crippen LogP contribution in [0.15, 0.2) is 46.0 Å². The van der Waals surface area contributed by atoms with Gasteiger partial charge in [0, 0.05) is 29.4 Å². The first-order valence-corrected chi connectivity index (χ1v) is 10.5. The summed E-state index contributed by atoms with van der Waals surface area (Å²) in [6.07, 6.45) is 1.32. The number of hydrogen-bond donors (Lipinski definition) is 3. The molecular weight excluding hydrogens is 480 g/mol. The number of anilines is 1. The molecule has 0 fully saturated rings. The molecule has 2 aromatic rings. The molecule has 0 aromatic heterocycles. The number of rotatable bonds is 9. The maximum Gasteiger partial charge on any atom is 0.329 e. The number of carbonyl (C=O) groups is 3. The maximum absolute atomic E-state index is 12.3. The van der Waals surface area contributed by atoms with E-state index in [1.54, 1.807) is 18.2 Å². The molecule has 0 aliphatic carbocycles. The van der Waals surface area contributed by atoms with Gasteiger partial charge in [-0.15, -0.1) is 0 Å². The van der Waals surface area contributed by atoms with Crippen molar-refractivity contribution in [1.82, 2.24) is 10.7 Å². The summed E-state index contributed by atoms with van der Waals surface area (Å²) in [6.45, 7) is 4.25. The van der Waals surface area contributed by atoms with Crippen molar-refractivity contribution in [1.29, 1.82) is 0 Å². The van der Waals surface area contributed by atoms with Crippen molar-refractivity contribution in [2.24, 2.45) is 5.10 Å². The fourth-order valence-corrected chi connectivity index (χ4v) is 2.85. The minimum Gasteiger partial charge on any atom is -0.483 e. The van der Waals surface area contributed by atoms with E-state index < -0.39 is 11.8 Å². The highest BCUT2D eigenvalue weighted by Crippen LogP contribution is 2.22. The lowest BCUT2D eigenvalue weighted by Crippen LogP contribution is -2.39. The monoisotopic (exact) mass is 504 g/mol. The topological polar surface area (TPSA) is 118 Å². The number of nitrogens with zero attached hydrogens (tertiary/aromatic N) is 1. The van der Waals surface area contributed by atoms with Gasteiger partial charge in [-0.25, -0.2) is 5.43 Å². The first-order valence-electron chi connectivity index (χ1n) is 9.69. The van der Waals surface area contributed by atoms with E-state index in [1.165, 1.54) is 13.3 Å². The van der Waals surface area contributed by atoms with E-state index in [4.69, 9.17) is 9.47 Å². The number of aryl methyl sites for hydroxylation is 2. The summed E-state index contributed by atoms with van der Waals surface area (Å²) < 4.78 is 11.2. The average molecular weight is 505 g/mol. The van der Waals surface area contributed by atoms with E-state index in [2.05, 4.69) is 37.1 Å². The van der Waals surface area contributed by atoms with Crippen LogP contribution in [0.4, 0.5) is 5.69 Å². The van der Waals surface area contributed by atoms with Crippen LogP contribution < -0.4 is 20.8 Å². The van der Waals surface area contributed by atoms with Gasteiger partial charge < -0.3 is 20.1 Å². The van der Waals surface area contributed by atoms with Crippen molar-refractivity contribution in [2.45, 2.75) is 13.8 Å². The summed E-state index contributed by atoms with van der Waals surface area (Å²) in [5, 5.41) is 8.96. The molecule has 0 saturated carbocycles. The Morgan fingerprint density at radius 2 is 1.84 bits per heavy atom. The number of methoxy groups -OCH3 is 1. The first-order chi connectivity index (χ1) is 15.3. The third kappa shape index (κ3) is 8.12. The zero-order chi connectivity index (χ0) is 23.5. The van der Waals surface area contributed by atoms with Crippen LogP contribution in [0.25, 0.3) is 0 Å². The molecule has 3 N–H and O–H groups in total. The molecule has 0 aliphatic heterocycles. The first kappa shape index (κ1) is 25.0. The van der Waals surface area contributed by atoms with Crippen LogP contribution >= 0.6 is 15.9 Å². The van der Waals surface area contributed by atoms with Crippen LogP contribution in [0, 0.1) is 13.8 Å². The highest BCUT2D eigenvalue weighted by Gasteiger charge is 2.12. The molecule has 0 heterocycles. The Balaban J connectivity index is 1.94. The second-order valence-electron chi connectivity index (χ2n) is 6.77. The van der Waals surface area contributed by atoms with E-state index in [-0.39, 0.29) is 25.7 Å². The van der Waals surface area contributed by atoms with Gasteiger partial charge in [0.05, 0.1) is 12.8 Å². The number of ether oxygens (including phenoxy) is 2.